The number of nitrogens with one attached hydrogen (secondary N) is 1. The summed E-state index contributed by atoms with van der Waals surface area (Å²) in [5.74, 6) is 0.639. The number of hydrogen-bond donors (Lipinski definition) is 1. The molecule has 0 bridgehead atoms. The fraction of sp³-hybridized carbons (Fsp3) is 0.333. The van der Waals surface area contributed by atoms with E-state index in [9.17, 15) is 10.0 Å². The first-order valence-corrected chi connectivity index (χ1v) is 5.64. The van der Waals surface area contributed by atoms with E-state index in [1.54, 1.807) is 29.2 Å². The molecular formula is C12H14N3O3-. The third-order valence-corrected chi connectivity index (χ3v) is 2.67. The summed E-state index contributed by atoms with van der Waals surface area (Å²) in [6.07, 6.45) is 0. The van der Waals surface area contributed by atoms with Gasteiger partial charge in [-0.05, 0) is 12.1 Å². The Morgan fingerprint density at radius 3 is 2.72 bits per heavy atom. The highest BCUT2D eigenvalue weighted by Gasteiger charge is 2.18. The number of amides is 2. The molecule has 6 nitrogen and oxygen atoms in total. The number of carbonyl (C=O) groups excluding carboxylic acids is 1. The van der Waals surface area contributed by atoms with Gasteiger partial charge in [0.1, 0.15) is 12.4 Å². The van der Waals surface area contributed by atoms with Crippen molar-refractivity contribution < 1.29 is 14.3 Å². The van der Waals surface area contributed by atoms with Crippen molar-refractivity contribution in [2.24, 2.45) is 0 Å². The minimum atomic E-state index is -0.0564. The first-order chi connectivity index (χ1) is 8.66. The standard InChI is InChI=1S/C12H14N3O3/c1-14(17)10-2-4-11(5-3-10)18-9-8-15-7-6-13-12(15)16/h1-5H,6-9H2,(H,13,16)/q-1. The van der Waals surface area contributed by atoms with Gasteiger partial charge in [0.2, 0.25) is 0 Å². The molecule has 6 heteroatoms. The third kappa shape index (κ3) is 2.91. The lowest BCUT2D eigenvalue weighted by atomic mass is 10.3. The van der Waals surface area contributed by atoms with Gasteiger partial charge in [0.15, 0.2) is 0 Å². The smallest absolute Gasteiger partial charge is 0.317 e. The average molecular weight is 248 g/mol. The summed E-state index contributed by atoms with van der Waals surface area (Å²) in [6.45, 7) is 7.39. The molecule has 0 spiro atoms. The fourth-order valence-corrected chi connectivity index (χ4v) is 1.69. The van der Waals surface area contributed by atoms with Crippen LogP contribution in [0.5, 0.6) is 5.75 Å². The first kappa shape index (κ1) is 12.2. The molecule has 0 atom stereocenters. The summed E-state index contributed by atoms with van der Waals surface area (Å²) < 4.78 is 5.76. The van der Waals surface area contributed by atoms with Gasteiger partial charge in [0.25, 0.3) is 0 Å². The number of urea groups is 1. The van der Waals surface area contributed by atoms with Crippen molar-refractivity contribution in [2.75, 3.05) is 26.2 Å². The molecule has 0 radical (unpaired) electrons. The van der Waals surface area contributed by atoms with Gasteiger partial charge in [-0.25, -0.2) is 4.79 Å². The summed E-state index contributed by atoms with van der Waals surface area (Å²) in [6, 6.07) is 6.42. The lowest BCUT2D eigenvalue weighted by Gasteiger charge is -2.15. The van der Waals surface area contributed by atoms with Crippen LogP contribution in [0.15, 0.2) is 24.3 Å². The van der Waals surface area contributed by atoms with Gasteiger partial charge in [-0.3, -0.25) is 0 Å². The zero-order chi connectivity index (χ0) is 13.0. The van der Waals surface area contributed by atoms with Crippen LogP contribution in [0.2, 0.25) is 0 Å². The van der Waals surface area contributed by atoms with Crippen LogP contribution in [0.25, 0.3) is 0 Å². The number of rotatable bonds is 5. The molecule has 2 amide bonds. The Balaban J connectivity index is 1.79. The monoisotopic (exact) mass is 248 g/mol. The minimum Gasteiger partial charge on any atom is -0.651 e. The molecule has 96 valence electrons. The maximum atomic E-state index is 11.2. The van der Waals surface area contributed by atoms with Crippen molar-refractivity contribution in [3.63, 3.8) is 0 Å². The van der Waals surface area contributed by atoms with Crippen molar-refractivity contribution >= 4 is 18.4 Å². The second-order valence-electron chi connectivity index (χ2n) is 3.89. The van der Waals surface area contributed by atoms with Crippen molar-refractivity contribution in [1.82, 2.24) is 10.2 Å². The molecule has 1 aliphatic rings. The van der Waals surface area contributed by atoms with Gasteiger partial charge in [0, 0.05) is 19.8 Å². The van der Waals surface area contributed by atoms with E-state index >= 15 is 0 Å². The fourth-order valence-electron chi connectivity index (χ4n) is 1.69. The SMILES string of the molecule is [CH-]=[N+]([O-])c1ccc(OCCN2CCNC2=O)cc1. The maximum absolute atomic E-state index is 11.2. The minimum absolute atomic E-state index is 0.0564. The van der Waals surface area contributed by atoms with Crippen LogP contribution in [0.1, 0.15) is 0 Å². The quantitative estimate of drug-likeness (QED) is 0.276. The predicted octanol–water partition coefficient (Wildman–Crippen LogP) is 0.810. The van der Waals surface area contributed by atoms with E-state index in [-0.39, 0.29) is 6.03 Å². The zero-order valence-electron chi connectivity index (χ0n) is 9.83. The van der Waals surface area contributed by atoms with Crippen molar-refractivity contribution in [3.8, 4) is 5.75 Å². The highest BCUT2D eigenvalue weighted by atomic mass is 16.5. The highest BCUT2D eigenvalue weighted by molar-refractivity contribution is 5.76. The van der Waals surface area contributed by atoms with Gasteiger partial charge in [-0.2, -0.15) is 0 Å². The molecule has 1 aromatic rings. The molecule has 0 saturated carbocycles. The van der Waals surface area contributed by atoms with Crippen LogP contribution in [0.4, 0.5) is 10.5 Å². The molecule has 0 aromatic heterocycles. The second-order valence-corrected chi connectivity index (χ2v) is 3.89. The third-order valence-electron chi connectivity index (χ3n) is 2.67. The van der Waals surface area contributed by atoms with Crippen molar-refractivity contribution in [2.45, 2.75) is 0 Å². The van der Waals surface area contributed by atoms with E-state index in [4.69, 9.17) is 11.5 Å². The Bertz CT molecular complexity index is 444. The molecule has 0 aliphatic carbocycles. The topological polar surface area (TPSA) is 67.6 Å². The summed E-state index contributed by atoms with van der Waals surface area (Å²) in [4.78, 5) is 12.9. The first-order valence-electron chi connectivity index (χ1n) is 5.64. The number of carbonyl (C=O) groups is 1. The zero-order valence-corrected chi connectivity index (χ0v) is 9.83. The number of nitrogens with zero attached hydrogens (tertiary/aromatic N) is 2. The summed E-state index contributed by atoms with van der Waals surface area (Å²) >= 11 is 0. The summed E-state index contributed by atoms with van der Waals surface area (Å²) in [7, 11) is 0. The number of benzene rings is 1. The van der Waals surface area contributed by atoms with Crippen LogP contribution in [-0.2, 0) is 0 Å². The molecule has 0 unspecified atom stereocenters. The maximum Gasteiger partial charge on any atom is 0.317 e. The number of ether oxygens (including phenoxy) is 1. The van der Waals surface area contributed by atoms with E-state index < -0.39 is 0 Å². The van der Waals surface area contributed by atoms with Gasteiger partial charge >= 0.3 is 6.03 Å². The van der Waals surface area contributed by atoms with Crippen LogP contribution >= 0.6 is 0 Å². The van der Waals surface area contributed by atoms with E-state index in [1.807, 2.05) is 0 Å². The molecule has 18 heavy (non-hydrogen) atoms. The lowest BCUT2D eigenvalue weighted by Crippen LogP contribution is -2.31. The summed E-state index contributed by atoms with van der Waals surface area (Å²) in [5, 5.41) is 13.5. The Labute approximate surface area is 105 Å². The van der Waals surface area contributed by atoms with Crippen LogP contribution in [0, 0.1) is 5.21 Å². The predicted molar refractivity (Wildman–Crippen MR) is 66.3 cm³/mol. The molecular weight excluding hydrogens is 234 g/mol. The van der Waals surface area contributed by atoms with E-state index in [0.717, 1.165) is 0 Å². The van der Waals surface area contributed by atoms with Crippen LogP contribution in [0.3, 0.4) is 0 Å². The van der Waals surface area contributed by atoms with E-state index in [1.165, 1.54) is 0 Å². The molecule has 1 aliphatic heterocycles. The number of hydrogen-bond acceptors (Lipinski definition) is 3. The highest BCUT2D eigenvalue weighted by Crippen LogP contribution is 2.16. The van der Waals surface area contributed by atoms with Crippen LogP contribution in [-0.4, -0.2) is 48.6 Å². The Kier molecular flexibility index (Phi) is 3.66. The normalized spacial score (nSPS) is 14.4. The molecule has 2 rings (SSSR count). The van der Waals surface area contributed by atoms with Gasteiger partial charge in [0.05, 0.1) is 12.2 Å². The van der Waals surface area contributed by atoms with Gasteiger partial charge < -0.3 is 24.9 Å². The molecule has 1 fully saturated rings. The van der Waals surface area contributed by atoms with Gasteiger partial charge in [-0.15, -0.1) is 0 Å². The van der Waals surface area contributed by atoms with Crippen molar-refractivity contribution in [3.05, 3.63) is 29.5 Å². The average Bonchev–Trinajstić information content (AvgIpc) is 2.76. The Hall–Kier alpha value is -2.24. The summed E-state index contributed by atoms with van der Waals surface area (Å²) in [5.41, 5.74) is 0.362. The Morgan fingerprint density at radius 1 is 1.44 bits per heavy atom. The Morgan fingerprint density at radius 2 is 2.17 bits per heavy atom. The molecule has 1 aromatic carbocycles. The van der Waals surface area contributed by atoms with Crippen molar-refractivity contribution in [1.29, 1.82) is 0 Å². The molecule has 1 heterocycles. The lowest BCUT2D eigenvalue weighted by molar-refractivity contribution is -0.349. The molecule has 1 N–H and O–H groups in total. The van der Waals surface area contributed by atoms with E-state index in [2.05, 4.69) is 5.32 Å². The molecule has 1 saturated heterocycles. The van der Waals surface area contributed by atoms with Gasteiger partial charge in [-0.1, -0.05) is 12.1 Å². The van der Waals surface area contributed by atoms with Crippen LogP contribution < -0.4 is 10.1 Å². The largest absolute Gasteiger partial charge is 0.651 e. The van der Waals surface area contributed by atoms with E-state index in [0.29, 0.717) is 42.4 Å². The second kappa shape index (κ2) is 5.39.